The molecule has 0 radical (unpaired) electrons. The van der Waals surface area contributed by atoms with Gasteiger partial charge in [-0.3, -0.25) is 0 Å². The van der Waals surface area contributed by atoms with Gasteiger partial charge in [0.05, 0.1) is 11.2 Å². The molecule has 1 saturated heterocycles. The molecule has 2 nitrogen and oxygen atoms in total. The molecule has 2 rings (SSSR count). The normalized spacial score (nSPS) is 24.7. The Morgan fingerprint density at radius 2 is 2.06 bits per heavy atom. The topological polar surface area (TPSA) is 16.1 Å². The number of hydrogen-bond donors (Lipinski definition) is 0. The first-order chi connectivity index (χ1) is 8.29. The molecule has 1 aromatic heterocycles. The first-order valence-electron chi connectivity index (χ1n) is 6.35. The van der Waals surface area contributed by atoms with Gasteiger partial charge in [-0.15, -0.1) is 0 Å². The minimum absolute atomic E-state index is 0.145. The summed E-state index contributed by atoms with van der Waals surface area (Å²) in [5.41, 5.74) is 0.276. The van der Waals surface area contributed by atoms with Crippen LogP contribution in [0.5, 0.6) is 0 Å². The molecule has 0 amide bonds. The van der Waals surface area contributed by atoms with Crippen molar-refractivity contribution in [1.82, 2.24) is 4.98 Å². The van der Waals surface area contributed by atoms with Gasteiger partial charge in [-0.25, -0.2) is 9.37 Å². The molecular weight excluding hydrogens is 251 g/mol. The second kappa shape index (κ2) is 4.69. The summed E-state index contributed by atoms with van der Waals surface area (Å²) in [7, 11) is 0. The van der Waals surface area contributed by atoms with Gasteiger partial charge >= 0.3 is 0 Å². The summed E-state index contributed by atoms with van der Waals surface area (Å²) in [4.78, 5) is 6.34. The van der Waals surface area contributed by atoms with E-state index in [0.717, 1.165) is 18.9 Å². The summed E-state index contributed by atoms with van der Waals surface area (Å²) in [6.45, 7) is 11.0. The Morgan fingerprint density at radius 1 is 1.39 bits per heavy atom. The van der Waals surface area contributed by atoms with Crippen LogP contribution in [0.3, 0.4) is 0 Å². The SMILES string of the molecule is CC1CN(c2cc(Cl)c(F)cn2)CC1C(C)(C)C. The molecule has 2 heterocycles. The van der Waals surface area contributed by atoms with Gasteiger partial charge in [0.25, 0.3) is 0 Å². The van der Waals surface area contributed by atoms with Crippen molar-refractivity contribution in [1.29, 1.82) is 0 Å². The molecule has 1 aliphatic heterocycles. The first kappa shape index (κ1) is 13.6. The molecular formula is C14H20ClFN2. The lowest BCUT2D eigenvalue weighted by atomic mass is 9.76. The van der Waals surface area contributed by atoms with Crippen LogP contribution in [0.15, 0.2) is 12.3 Å². The number of nitrogens with zero attached hydrogens (tertiary/aromatic N) is 2. The lowest BCUT2D eigenvalue weighted by Gasteiger charge is -2.29. The Bertz CT molecular complexity index is 442. The van der Waals surface area contributed by atoms with Crippen molar-refractivity contribution in [3.63, 3.8) is 0 Å². The maximum Gasteiger partial charge on any atom is 0.160 e. The largest absolute Gasteiger partial charge is 0.356 e. The van der Waals surface area contributed by atoms with Crippen molar-refractivity contribution >= 4 is 17.4 Å². The number of hydrogen-bond acceptors (Lipinski definition) is 2. The molecule has 0 N–H and O–H groups in total. The van der Waals surface area contributed by atoms with Crippen LogP contribution in [0.2, 0.25) is 5.02 Å². The van der Waals surface area contributed by atoms with Crippen molar-refractivity contribution in [2.75, 3.05) is 18.0 Å². The molecule has 2 unspecified atom stereocenters. The van der Waals surface area contributed by atoms with Crippen LogP contribution < -0.4 is 4.90 Å². The van der Waals surface area contributed by atoms with Gasteiger partial charge in [0.1, 0.15) is 5.82 Å². The fourth-order valence-electron chi connectivity index (χ4n) is 2.86. The van der Waals surface area contributed by atoms with Crippen molar-refractivity contribution in [3.8, 4) is 0 Å². The van der Waals surface area contributed by atoms with Crippen molar-refractivity contribution in [2.45, 2.75) is 27.7 Å². The highest BCUT2D eigenvalue weighted by Crippen LogP contribution is 2.39. The molecule has 4 heteroatoms. The molecule has 0 spiro atoms. The molecule has 0 aromatic carbocycles. The fraction of sp³-hybridized carbons (Fsp3) is 0.643. The Hall–Kier alpha value is -0.830. The van der Waals surface area contributed by atoms with E-state index in [1.54, 1.807) is 6.07 Å². The number of rotatable bonds is 1. The van der Waals surface area contributed by atoms with Gasteiger partial charge < -0.3 is 4.90 Å². The predicted molar refractivity (Wildman–Crippen MR) is 73.5 cm³/mol. The summed E-state index contributed by atoms with van der Waals surface area (Å²) in [6, 6.07) is 1.62. The third-order valence-electron chi connectivity index (χ3n) is 3.84. The smallest absolute Gasteiger partial charge is 0.160 e. The molecule has 0 aliphatic carbocycles. The molecule has 18 heavy (non-hydrogen) atoms. The maximum atomic E-state index is 13.1. The van der Waals surface area contributed by atoms with Gasteiger partial charge in [0.15, 0.2) is 5.82 Å². The third kappa shape index (κ3) is 2.61. The molecule has 0 bridgehead atoms. The number of halogens is 2. The molecule has 100 valence electrons. The van der Waals surface area contributed by atoms with E-state index in [1.165, 1.54) is 6.20 Å². The molecule has 2 atom stereocenters. The predicted octanol–water partition coefficient (Wildman–Crippen LogP) is 3.99. The summed E-state index contributed by atoms with van der Waals surface area (Å²) in [5, 5.41) is 0.145. The number of pyridine rings is 1. The second-order valence-corrected chi connectivity index (χ2v) is 6.72. The van der Waals surface area contributed by atoms with E-state index < -0.39 is 5.82 Å². The van der Waals surface area contributed by atoms with Gasteiger partial charge in [0, 0.05) is 19.2 Å². The summed E-state index contributed by atoms with van der Waals surface area (Å²) < 4.78 is 13.1. The van der Waals surface area contributed by atoms with Crippen LogP contribution in [-0.2, 0) is 0 Å². The average molecular weight is 271 g/mol. The fourth-order valence-corrected chi connectivity index (χ4v) is 3.00. The third-order valence-corrected chi connectivity index (χ3v) is 4.13. The van der Waals surface area contributed by atoms with Crippen LogP contribution in [0.25, 0.3) is 0 Å². The molecule has 0 saturated carbocycles. The lowest BCUT2D eigenvalue weighted by Crippen LogP contribution is -2.27. The Labute approximate surface area is 113 Å². The highest BCUT2D eigenvalue weighted by molar-refractivity contribution is 6.30. The number of anilines is 1. The van der Waals surface area contributed by atoms with E-state index in [2.05, 4.69) is 37.6 Å². The van der Waals surface area contributed by atoms with E-state index in [0.29, 0.717) is 11.8 Å². The van der Waals surface area contributed by atoms with E-state index in [-0.39, 0.29) is 10.4 Å². The minimum atomic E-state index is -0.458. The van der Waals surface area contributed by atoms with E-state index in [4.69, 9.17) is 11.6 Å². The van der Waals surface area contributed by atoms with Crippen molar-refractivity contribution < 1.29 is 4.39 Å². The quantitative estimate of drug-likeness (QED) is 0.767. The minimum Gasteiger partial charge on any atom is -0.356 e. The van der Waals surface area contributed by atoms with Crippen LogP contribution in [0, 0.1) is 23.1 Å². The van der Waals surface area contributed by atoms with Crippen molar-refractivity contribution in [3.05, 3.63) is 23.1 Å². The van der Waals surface area contributed by atoms with Crippen LogP contribution >= 0.6 is 11.6 Å². The Morgan fingerprint density at radius 3 is 2.56 bits per heavy atom. The Balaban J connectivity index is 2.19. The average Bonchev–Trinajstić information content (AvgIpc) is 2.64. The monoisotopic (exact) mass is 270 g/mol. The van der Waals surface area contributed by atoms with Crippen LogP contribution in [0.1, 0.15) is 27.7 Å². The Kier molecular flexibility index (Phi) is 3.54. The van der Waals surface area contributed by atoms with Gasteiger partial charge in [-0.05, 0) is 17.3 Å². The summed E-state index contributed by atoms with van der Waals surface area (Å²) in [6.07, 6.45) is 1.20. The van der Waals surface area contributed by atoms with Crippen molar-refractivity contribution in [2.24, 2.45) is 17.3 Å². The van der Waals surface area contributed by atoms with Crippen LogP contribution in [-0.4, -0.2) is 18.1 Å². The maximum absolute atomic E-state index is 13.1. The second-order valence-electron chi connectivity index (χ2n) is 6.31. The lowest BCUT2D eigenvalue weighted by molar-refractivity contribution is 0.214. The zero-order valence-corrected chi connectivity index (χ0v) is 12.1. The standard InChI is InChI=1S/C14H20ClFN2/c1-9-7-18(8-10(9)14(2,3)4)13-5-11(15)12(16)6-17-13/h5-6,9-10H,7-8H2,1-4H3. The zero-order chi connectivity index (χ0) is 13.5. The number of aromatic nitrogens is 1. The van der Waals surface area contributed by atoms with E-state index in [1.807, 2.05) is 0 Å². The van der Waals surface area contributed by atoms with Gasteiger partial charge in [-0.1, -0.05) is 39.3 Å². The molecule has 1 fully saturated rings. The highest BCUT2D eigenvalue weighted by atomic mass is 35.5. The zero-order valence-electron chi connectivity index (χ0n) is 11.4. The van der Waals surface area contributed by atoms with Gasteiger partial charge in [0.2, 0.25) is 0 Å². The van der Waals surface area contributed by atoms with Gasteiger partial charge in [-0.2, -0.15) is 0 Å². The molecule has 1 aliphatic rings. The first-order valence-corrected chi connectivity index (χ1v) is 6.73. The molecule has 1 aromatic rings. The van der Waals surface area contributed by atoms with Crippen LogP contribution in [0.4, 0.5) is 10.2 Å². The van der Waals surface area contributed by atoms with E-state index in [9.17, 15) is 4.39 Å². The van der Waals surface area contributed by atoms with E-state index >= 15 is 0 Å². The highest BCUT2D eigenvalue weighted by Gasteiger charge is 2.37. The summed E-state index contributed by atoms with van der Waals surface area (Å²) >= 11 is 5.81. The summed E-state index contributed by atoms with van der Waals surface area (Å²) in [5.74, 6) is 1.54.